The van der Waals surface area contributed by atoms with E-state index in [0.29, 0.717) is 18.3 Å². The van der Waals surface area contributed by atoms with Crippen LogP contribution in [0.4, 0.5) is 0 Å². The van der Waals surface area contributed by atoms with Gasteiger partial charge in [0.1, 0.15) is 11.8 Å². The largest absolute Gasteiger partial charge is 0.493 e. The fourth-order valence-corrected chi connectivity index (χ4v) is 2.81. The lowest BCUT2D eigenvalue weighted by molar-refractivity contribution is -0.139. The van der Waals surface area contributed by atoms with E-state index in [9.17, 15) is 13.2 Å². The molecule has 0 amide bonds. The predicted molar refractivity (Wildman–Crippen MR) is 78.8 cm³/mol. The molecule has 0 saturated carbocycles. The summed E-state index contributed by atoms with van der Waals surface area (Å²) in [6, 6.07) is 4.77. The average molecular weight is 315 g/mol. The van der Waals surface area contributed by atoms with E-state index >= 15 is 0 Å². The van der Waals surface area contributed by atoms with E-state index in [4.69, 9.17) is 9.84 Å². The van der Waals surface area contributed by atoms with Gasteiger partial charge in [-0.2, -0.15) is 4.72 Å². The van der Waals surface area contributed by atoms with Gasteiger partial charge in [-0.15, -0.1) is 0 Å². The van der Waals surface area contributed by atoms with Crippen LogP contribution in [0.15, 0.2) is 29.2 Å². The van der Waals surface area contributed by atoms with Gasteiger partial charge in [-0.3, -0.25) is 4.79 Å². The zero-order valence-electron chi connectivity index (χ0n) is 12.4. The number of ether oxygens (including phenoxy) is 1. The molecule has 0 unspecified atom stereocenters. The summed E-state index contributed by atoms with van der Waals surface area (Å²) in [5.74, 6) is -0.248. The van der Waals surface area contributed by atoms with E-state index in [-0.39, 0.29) is 11.3 Å². The van der Waals surface area contributed by atoms with Crippen molar-refractivity contribution in [1.29, 1.82) is 0 Å². The van der Waals surface area contributed by atoms with Crippen LogP contribution in [0.1, 0.15) is 27.2 Å². The van der Waals surface area contributed by atoms with Gasteiger partial charge < -0.3 is 9.84 Å². The number of carboxylic acid groups (broad SMARTS) is 1. The molecule has 118 valence electrons. The molecular weight excluding hydrogens is 294 g/mol. The second-order valence-electron chi connectivity index (χ2n) is 5.10. The Morgan fingerprint density at radius 2 is 1.86 bits per heavy atom. The van der Waals surface area contributed by atoms with Gasteiger partial charge in [0.2, 0.25) is 10.0 Å². The van der Waals surface area contributed by atoms with Gasteiger partial charge in [0, 0.05) is 0 Å². The summed E-state index contributed by atoms with van der Waals surface area (Å²) in [6.45, 7) is 6.17. The smallest absolute Gasteiger partial charge is 0.321 e. The number of hydrogen-bond acceptors (Lipinski definition) is 4. The van der Waals surface area contributed by atoms with Crippen LogP contribution in [-0.4, -0.2) is 32.1 Å². The van der Waals surface area contributed by atoms with Crippen LogP contribution >= 0.6 is 0 Å². The molecule has 2 N–H and O–H groups in total. The van der Waals surface area contributed by atoms with Crippen LogP contribution in [0, 0.1) is 5.92 Å². The standard InChI is InChI=1S/C14H21NO5S/c1-4-13(14(16)17)15-21(18,19)12-7-5-11(6-8-12)20-9-10(2)3/h5-8,10,13,15H,4,9H2,1-3H3,(H,16,17)/t13-/m1/s1. The van der Waals surface area contributed by atoms with Gasteiger partial charge in [0.25, 0.3) is 0 Å². The molecule has 0 bridgehead atoms. The molecule has 0 aliphatic carbocycles. The Labute approximate surface area is 125 Å². The molecule has 21 heavy (non-hydrogen) atoms. The van der Waals surface area contributed by atoms with E-state index in [0.717, 1.165) is 0 Å². The van der Waals surface area contributed by atoms with Gasteiger partial charge in [-0.05, 0) is 36.6 Å². The average Bonchev–Trinajstić information content (AvgIpc) is 2.42. The Bertz CT molecular complexity index is 566. The van der Waals surface area contributed by atoms with Crippen LogP contribution < -0.4 is 9.46 Å². The van der Waals surface area contributed by atoms with Gasteiger partial charge >= 0.3 is 5.97 Å². The molecule has 6 nitrogen and oxygen atoms in total. The summed E-state index contributed by atoms with van der Waals surface area (Å²) >= 11 is 0. The van der Waals surface area contributed by atoms with Crippen LogP contribution in [0.2, 0.25) is 0 Å². The maximum Gasteiger partial charge on any atom is 0.321 e. The molecular formula is C14H21NO5S. The molecule has 1 atom stereocenters. The van der Waals surface area contributed by atoms with Crippen molar-refractivity contribution < 1.29 is 23.1 Å². The maximum atomic E-state index is 12.1. The summed E-state index contributed by atoms with van der Waals surface area (Å²) in [6.07, 6.45) is 0.171. The zero-order valence-corrected chi connectivity index (χ0v) is 13.2. The first-order valence-electron chi connectivity index (χ1n) is 6.74. The van der Waals surface area contributed by atoms with Crippen LogP contribution in [0.5, 0.6) is 5.75 Å². The Hall–Kier alpha value is -1.60. The first-order chi connectivity index (χ1) is 9.76. The van der Waals surface area contributed by atoms with Crippen molar-refractivity contribution in [2.24, 2.45) is 5.92 Å². The summed E-state index contributed by atoms with van der Waals surface area (Å²) in [4.78, 5) is 10.9. The first kappa shape index (κ1) is 17.5. The third-order valence-electron chi connectivity index (χ3n) is 2.72. The van der Waals surface area contributed by atoms with Crippen molar-refractivity contribution in [2.45, 2.75) is 38.1 Å². The number of carboxylic acids is 1. The molecule has 0 radical (unpaired) electrons. The van der Waals surface area contributed by atoms with Gasteiger partial charge in [-0.25, -0.2) is 8.42 Å². The third kappa shape index (κ3) is 5.35. The van der Waals surface area contributed by atoms with Gasteiger partial charge in [0.05, 0.1) is 11.5 Å². The van der Waals surface area contributed by atoms with E-state index in [1.807, 2.05) is 13.8 Å². The number of nitrogens with one attached hydrogen (secondary N) is 1. The van der Waals surface area contributed by atoms with Crippen molar-refractivity contribution in [2.75, 3.05) is 6.61 Å². The molecule has 1 aromatic carbocycles. The second kappa shape index (κ2) is 7.42. The monoisotopic (exact) mass is 315 g/mol. The predicted octanol–water partition coefficient (Wildman–Crippen LogP) is 1.86. The van der Waals surface area contributed by atoms with Crippen molar-refractivity contribution in [3.63, 3.8) is 0 Å². The zero-order chi connectivity index (χ0) is 16.0. The number of carbonyl (C=O) groups is 1. The van der Waals surface area contributed by atoms with Crippen LogP contribution in [0.3, 0.4) is 0 Å². The molecule has 0 spiro atoms. The highest BCUT2D eigenvalue weighted by Gasteiger charge is 2.23. The number of sulfonamides is 1. The quantitative estimate of drug-likeness (QED) is 0.764. The highest BCUT2D eigenvalue weighted by molar-refractivity contribution is 7.89. The lowest BCUT2D eigenvalue weighted by Crippen LogP contribution is -2.40. The van der Waals surface area contributed by atoms with Crippen LogP contribution in [0.25, 0.3) is 0 Å². The van der Waals surface area contributed by atoms with E-state index in [1.54, 1.807) is 19.1 Å². The van der Waals surface area contributed by atoms with Crippen molar-refractivity contribution in [1.82, 2.24) is 4.72 Å². The summed E-state index contributed by atoms with van der Waals surface area (Å²) in [5, 5.41) is 8.90. The molecule has 0 heterocycles. The van der Waals surface area contributed by atoms with E-state index in [2.05, 4.69) is 4.72 Å². The Kier molecular flexibility index (Phi) is 6.17. The minimum atomic E-state index is -3.85. The molecule has 0 aliphatic rings. The maximum absolute atomic E-state index is 12.1. The normalized spacial score (nSPS) is 13.1. The minimum absolute atomic E-state index is 0.0131. The number of aliphatic carboxylic acids is 1. The minimum Gasteiger partial charge on any atom is -0.493 e. The Morgan fingerprint density at radius 3 is 2.29 bits per heavy atom. The molecule has 7 heteroatoms. The number of rotatable bonds is 8. The summed E-state index contributed by atoms with van der Waals surface area (Å²) in [5.41, 5.74) is 0. The van der Waals surface area contributed by atoms with Crippen molar-refractivity contribution in [3.8, 4) is 5.75 Å². The summed E-state index contributed by atoms with van der Waals surface area (Å²) < 4.78 is 31.8. The van der Waals surface area contributed by atoms with E-state index < -0.39 is 22.0 Å². The Balaban J connectivity index is 2.82. The summed E-state index contributed by atoms with van der Waals surface area (Å²) in [7, 11) is -3.85. The number of benzene rings is 1. The molecule has 0 aliphatic heterocycles. The first-order valence-corrected chi connectivity index (χ1v) is 8.22. The van der Waals surface area contributed by atoms with Crippen molar-refractivity contribution in [3.05, 3.63) is 24.3 Å². The molecule has 0 saturated heterocycles. The highest BCUT2D eigenvalue weighted by atomic mass is 32.2. The molecule has 1 aromatic rings. The number of hydrogen-bond donors (Lipinski definition) is 2. The fourth-order valence-electron chi connectivity index (χ4n) is 1.54. The van der Waals surface area contributed by atoms with Gasteiger partial charge in [0.15, 0.2) is 0 Å². The third-order valence-corrected chi connectivity index (χ3v) is 4.21. The topological polar surface area (TPSA) is 92.7 Å². The molecule has 1 rings (SSSR count). The molecule has 0 aromatic heterocycles. The van der Waals surface area contributed by atoms with Crippen molar-refractivity contribution >= 4 is 16.0 Å². The highest BCUT2D eigenvalue weighted by Crippen LogP contribution is 2.17. The van der Waals surface area contributed by atoms with E-state index in [1.165, 1.54) is 12.1 Å². The van der Waals surface area contributed by atoms with Crippen LogP contribution in [-0.2, 0) is 14.8 Å². The fraction of sp³-hybridized carbons (Fsp3) is 0.500. The SMILES string of the molecule is CC[C@@H](NS(=O)(=O)c1ccc(OCC(C)C)cc1)C(=O)O. The second-order valence-corrected chi connectivity index (χ2v) is 6.81. The lowest BCUT2D eigenvalue weighted by Gasteiger charge is -2.13. The Morgan fingerprint density at radius 1 is 1.29 bits per heavy atom. The molecule has 0 fully saturated rings. The van der Waals surface area contributed by atoms with Gasteiger partial charge in [-0.1, -0.05) is 20.8 Å². The lowest BCUT2D eigenvalue weighted by atomic mass is 10.2.